The predicted octanol–water partition coefficient (Wildman–Crippen LogP) is 1.58. The van der Waals surface area contributed by atoms with E-state index in [1.807, 2.05) is 0 Å². The molecule has 2 heterocycles. The van der Waals surface area contributed by atoms with Crippen LogP contribution in [0.25, 0.3) is 0 Å². The van der Waals surface area contributed by atoms with Gasteiger partial charge in [0, 0.05) is 6.07 Å². The van der Waals surface area contributed by atoms with Gasteiger partial charge in [-0.1, -0.05) is 6.92 Å². The molecule has 16 heavy (non-hydrogen) atoms. The maximum absolute atomic E-state index is 11.2. The highest BCUT2D eigenvalue weighted by molar-refractivity contribution is 5.15. The summed E-state index contributed by atoms with van der Waals surface area (Å²) >= 11 is 0. The Balaban J connectivity index is 1.99. The summed E-state index contributed by atoms with van der Waals surface area (Å²) in [5, 5.41) is 9.06. The van der Waals surface area contributed by atoms with Crippen LogP contribution in [0.2, 0.25) is 0 Å². The topological polar surface area (TPSA) is 53.7 Å². The van der Waals surface area contributed by atoms with Crippen LogP contribution in [0.5, 0.6) is 5.75 Å². The number of piperidine rings is 1. The van der Waals surface area contributed by atoms with Crippen LogP contribution in [-0.2, 0) is 6.54 Å². The average Bonchev–Trinajstić information content (AvgIpc) is 2.27. The second-order valence-corrected chi connectivity index (χ2v) is 4.55. The molecule has 1 fully saturated rings. The van der Waals surface area contributed by atoms with Gasteiger partial charge in [0.15, 0.2) is 5.75 Å². The lowest BCUT2D eigenvalue weighted by atomic mass is 9.99. The van der Waals surface area contributed by atoms with E-state index in [2.05, 4.69) is 11.8 Å². The van der Waals surface area contributed by atoms with Gasteiger partial charge in [0.1, 0.15) is 12.0 Å². The molecule has 1 aromatic heterocycles. The zero-order chi connectivity index (χ0) is 11.5. The highest BCUT2D eigenvalue weighted by atomic mass is 16.4. The summed E-state index contributed by atoms with van der Waals surface area (Å²) in [6.07, 6.45) is 3.51. The van der Waals surface area contributed by atoms with E-state index >= 15 is 0 Å². The smallest absolute Gasteiger partial charge is 0.226 e. The summed E-state index contributed by atoms with van der Waals surface area (Å²) in [6.45, 7) is 5.01. The monoisotopic (exact) mass is 223 g/mol. The Morgan fingerprint density at radius 3 is 2.81 bits per heavy atom. The predicted molar refractivity (Wildman–Crippen MR) is 60.3 cm³/mol. The molecule has 88 valence electrons. The second-order valence-electron chi connectivity index (χ2n) is 4.55. The van der Waals surface area contributed by atoms with E-state index in [0.717, 1.165) is 25.3 Å². The first-order valence-corrected chi connectivity index (χ1v) is 5.68. The average molecular weight is 223 g/mol. The van der Waals surface area contributed by atoms with Crippen LogP contribution in [0.4, 0.5) is 0 Å². The molecule has 4 heteroatoms. The fourth-order valence-corrected chi connectivity index (χ4v) is 1.97. The molecule has 0 atom stereocenters. The number of hydrogen-bond acceptors (Lipinski definition) is 4. The number of aromatic hydroxyl groups is 1. The molecule has 0 radical (unpaired) electrons. The first-order chi connectivity index (χ1) is 7.65. The molecular formula is C12H17NO3. The lowest BCUT2D eigenvalue weighted by molar-refractivity contribution is 0.172. The summed E-state index contributed by atoms with van der Waals surface area (Å²) in [5.74, 6) is 1.09. The third-order valence-electron chi connectivity index (χ3n) is 3.12. The van der Waals surface area contributed by atoms with Gasteiger partial charge in [-0.15, -0.1) is 0 Å². The lowest BCUT2D eigenvalue weighted by Gasteiger charge is -2.29. The van der Waals surface area contributed by atoms with Crippen LogP contribution < -0.4 is 5.43 Å². The first-order valence-electron chi connectivity index (χ1n) is 5.68. The standard InChI is InChI=1S/C12H17NO3/c1-9-2-4-13(5-3-9)7-10-6-11(14)12(15)8-16-10/h6,8-9,15H,2-5,7H2,1H3. The van der Waals surface area contributed by atoms with Crippen molar-refractivity contribution in [3.8, 4) is 5.75 Å². The van der Waals surface area contributed by atoms with Gasteiger partial charge in [-0.05, 0) is 31.8 Å². The Morgan fingerprint density at radius 1 is 1.50 bits per heavy atom. The minimum absolute atomic E-state index is 0.323. The van der Waals surface area contributed by atoms with Gasteiger partial charge < -0.3 is 9.52 Å². The first kappa shape index (κ1) is 11.2. The minimum atomic E-state index is -0.369. The van der Waals surface area contributed by atoms with Gasteiger partial charge in [0.2, 0.25) is 5.43 Å². The van der Waals surface area contributed by atoms with Gasteiger partial charge in [-0.25, -0.2) is 0 Å². The Hall–Kier alpha value is -1.29. The highest BCUT2D eigenvalue weighted by Gasteiger charge is 2.16. The molecule has 1 N–H and O–H groups in total. The quantitative estimate of drug-likeness (QED) is 0.827. The van der Waals surface area contributed by atoms with E-state index < -0.39 is 0 Å². The van der Waals surface area contributed by atoms with Crippen molar-refractivity contribution in [2.24, 2.45) is 5.92 Å². The molecule has 0 spiro atoms. The summed E-state index contributed by atoms with van der Waals surface area (Å²) in [6, 6.07) is 1.37. The minimum Gasteiger partial charge on any atom is -0.502 e. The molecule has 2 rings (SSSR count). The van der Waals surface area contributed by atoms with E-state index in [-0.39, 0.29) is 11.2 Å². The summed E-state index contributed by atoms with van der Waals surface area (Å²) in [5.41, 5.74) is -0.369. The van der Waals surface area contributed by atoms with E-state index in [4.69, 9.17) is 9.52 Å². The Kier molecular flexibility index (Phi) is 3.29. The number of rotatable bonds is 2. The van der Waals surface area contributed by atoms with Gasteiger partial charge in [0.05, 0.1) is 6.54 Å². The van der Waals surface area contributed by atoms with Crippen LogP contribution >= 0.6 is 0 Å². The number of nitrogens with zero attached hydrogens (tertiary/aromatic N) is 1. The third-order valence-corrected chi connectivity index (χ3v) is 3.12. The Labute approximate surface area is 94.5 Å². The van der Waals surface area contributed by atoms with Crippen LogP contribution in [0.15, 0.2) is 21.5 Å². The Bertz CT molecular complexity index is 405. The van der Waals surface area contributed by atoms with Gasteiger partial charge >= 0.3 is 0 Å². The van der Waals surface area contributed by atoms with Crippen molar-refractivity contribution in [2.75, 3.05) is 13.1 Å². The lowest BCUT2D eigenvalue weighted by Crippen LogP contribution is -2.32. The SMILES string of the molecule is CC1CCN(Cc2cc(=O)c(O)co2)CC1. The van der Waals surface area contributed by atoms with Crippen molar-refractivity contribution >= 4 is 0 Å². The van der Waals surface area contributed by atoms with Crippen molar-refractivity contribution in [3.05, 3.63) is 28.3 Å². The second kappa shape index (κ2) is 4.70. The fraction of sp³-hybridized carbons (Fsp3) is 0.583. The normalized spacial score (nSPS) is 18.8. The molecule has 1 aliphatic heterocycles. The van der Waals surface area contributed by atoms with E-state index in [1.54, 1.807) is 0 Å². The molecule has 0 saturated carbocycles. The van der Waals surface area contributed by atoms with Crippen molar-refractivity contribution in [2.45, 2.75) is 26.3 Å². The van der Waals surface area contributed by atoms with E-state index in [0.29, 0.717) is 12.3 Å². The van der Waals surface area contributed by atoms with Crippen molar-refractivity contribution in [1.29, 1.82) is 0 Å². The molecule has 4 nitrogen and oxygen atoms in total. The zero-order valence-corrected chi connectivity index (χ0v) is 9.48. The van der Waals surface area contributed by atoms with Crippen LogP contribution in [-0.4, -0.2) is 23.1 Å². The molecule has 1 aromatic rings. The molecule has 0 amide bonds. The van der Waals surface area contributed by atoms with Crippen molar-refractivity contribution in [3.63, 3.8) is 0 Å². The van der Waals surface area contributed by atoms with Gasteiger partial charge in [-0.2, -0.15) is 0 Å². The van der Waals surface area contributed by atoms with Crippen molar-refractivity contribution in [1.82, 2.24) is 4.90 Å². The maximum atomic E-state index is 11.2. The van der Waals surface area contributed by atoms with Crippen molar-refractivity contribution < 1.29 is 9.52 Å². The summed E-state index contributed by atoms with van der Waals surface area (Å²) in [7, 11) is 0. The number of hydrogen-bond donors (Lipinski definition) is 1. The van der Waals surface area contributed by atoms with Gasteiger partial charge in [0.25, 0.3) is 0 Å². The van der Waals surface area contributed by atoms with Gasteiger partial charge in [-0.3, -0.25) is 9.69 Å². The third kappa shape index (κ3) is 2.64. The fourth-order valence-electron chi connectivity index (χ4n) is 1.97. The van der Waals surface area contributed by atoms with Crippen LogP contribution in [0.3, 0.4) is 0 Å². The molecule has 1 aliphatic rings. The highest BCUT2D eigenvalue weighted by Crippen LogP contribution is 2.17. The zero-order valence-electron chi connectivity index (χ0n) is 9.48. The summed E-state index contributed by atoms with van der Waals surface area (Å²) < 4.78 is 5.18. The molecular weight excluding hydrogens is 206 g/mol. The van der Waals surface area contributed by atoms with E-state index in [1.165, 1.54) is 18.9 Å². The maximum Gasteiger partial charge on any atom is 0.226 e. The largest absolute Gasteiger partial charge is 0.502 e. The van der Waals surface area contributed by atoms with E-state index in [9.17, 15) is 4.79 Å². The van der Waals surface area contributed by atoms with Crippen LogP contribution in [0, 0.1) is 5.92 Å². The Morgan fingerprint density at radius 2 is 2.19 bits per heavy atom. The molecule has 0 aromatic carbocycles. The van der Waals surface area contributed by atoms with Crippen LogP contribution in [0.1, 0.15) is 25.5 Å². The molecule has 0 bridgehead atoms. The summed E-state index contributed by atoms with van der Waals surface area (Å²) in [4.78, 5) is 13.5. The number of likely N-dealkylation sites (tertiary alicyclic amines) is 1. The molecule has 1 saturated heterocycles. The molecule has 0 aliphatic carbocycles. The molecule has 0 unspecified atom stereocenters.